The number of halogens is 2. The first-order valence-electron chi connectivity index (χ1n) is 4.90. The third-order valence-electron chi connectivity index (χ3n) is 2.38. The van der Waals surface area contributed by atoms with Gasteiger partial charge in [0.25, 0.3) is 0 Å². The van der Waals surface area contributed by atoms with E-state index in [1.54, 1.807) is 19.1 Å². The quantitative estimate of drug-likeness (QED) is 0.801. The second-order valence-corrected chi connectivity index (χ2v) is 4.42. The van der Waals surface area contributed by atoms with E-state index >= 15 is 0 Å². The Morgan fingerprint density at radius 2 is 2.18 bits per heavy atom. The standard InChI is InChI=1S/C11H9BrFN3O/c1-6-10(7(2)17)14-15-16(6)11-8(12)4-3-5-9(11)13/h3-5H,1-2H3. The number of nitrogens with zero attached hydrogens (tertiary/aromatic N) is 3. The van der Waals surface area contributed by atoms with Crippen LogP contribution in [0.15, 0.2) is 22.7 Å². The first-order chi connectivity index (χ1) is 8.02. The number of hydrogen-bond donors (Lipinski definition) is 0. The molecule has 88 valence electrons. The number of benzene rings is 1. The minimum atomic E-state index is -0.428. The van der Waals surface area contributed by atoms with Gasteiger partial charge in [-0.3, -0.25) is 4.79 Å². The van der Waals surface area contributed by atoms with E-state index in [0.717, 1.165) is 0 Å². The summed E-state index contributed by atoms with van der Waals surface area (Å²) in [5.74, 6) is -0.622. The van der Waals surface area contributed by atoms with Crippen molar-refractivity contribution in [1.29, 1.82) is 0 Å². The Labute approximate surface area is 106 Å². The molecular weight excluding hydrogens is 289 g/mol. The molecule has 0 unspecified atom stereocenters. The summed E-state index contributed by atoms with van der Waals surface area (Å²) in [6, 6.07) is 4.61. The molecule has 0 N–H and O–H groups in total. The van der Waals surface area contributed by atoms with Crippen molar-refractivity contribution in [2.75, 3.05) is 0 Å². The predicted octanol–water partition coefficient (Wildman–Crippen LogP) is 2.68. The molecule has 6 heteroatoms. The Kier molecular flexibility index (Phi) is 3.06. The van der Waals surface area contributed by atoms with Crippen molar-refractivity contribution in [3.8, 4) is 5.69 Å². The Bertz CT molecular complexity index is 574. The van der Waals surface area contributed by atoms with Gasteiger partial charge in [-0.25, -0.2) is 9.07 Å². The van der Waals surface area contributed by atoms with E-state index < -0.39 is 5.82 Å². The summed E-state index contributed by atoms with van der Waals surface area (Å²) in [5.41, 5.74) is 1.02. The first-order valence-corrected chi connectivity index (χ1v) is 5.69. The number of rotatable bonds is 2. The van der Waals surface area contributed by atoms with Gasteiger partial charge in [0.15, 0.2) is 11.5 Å². The van der Waals surface area contributed by atoms with Crippen LogP contribution in [0.5, 0.6) is 0 Å². The van der Waals surface area contributed by atoms with E-state index in [2.05, 4.69) is 26.2 Å². The smallest absolute Gasteiger partial charge is 0.181 e. The second-order valence-electron chi connectivity index (χ2n) is 3.56. The zero-order valence-electron chi connectivity index (χ0n) is 9.24. The van der Waals surface area contributed by atoms with Crippen LogP contribution in [0, 0.1) is 12.7 Å². The van der Waals surface area contributed by atoms with Gasteiger partial charge < -0.3 is 0 Å². The lowest BCUT2D eigenvalue weighted by atomic mass is 10.2. The highest BCUT2D eigenvalue weighted by Crippen LogP contribution is 2.24. The third kappa shape index (κ3) is 2.00. The molecule has 1 aromatic carbocycles. The highest BCUT2D eigenvalue weighted by atomic mass is 79.9. The van der Waals surface area contributed by atoms with E-state index in [4.69, 9.17) is 0 Å². The van der Waals surface area contributed by atoms with Crippen LogP contribution in [0.3, 0.4) is 0 Å². The molecule has 0 radical (unpaired) electrons. The van der Waals surface area contributed by atoms with E-state index in [1.807, 2.05) is 0 Å². The highest BCUT2D eigenvalue weighted by Gasteiger charge is 2.17. The average Bonchev–Trinajstić information content (AvgIpc) is 2.61. The van der Waals surface area contributed by atoms with Gasteiger partial charge in [-0.05, 0) is 35.0 Å². The number of Topliss-reactive ketones (excluding diaryl/α,β-unsaturated/α-hetero) is 1. The number of para-hydroxylation sites is 1. The van der Waals surface area contributed by atoms with E-state index in [-0.39, 0.29) is 17.2 Å². The Hall–Kier alpha value is -1.56. The zero-order chi connectivity index (χ0) is 12.6. The van der Waals surface area contributed by atoms with Crippen LogP contribution in [-0.2, 0) is 0 Å². The van der Waals surface area contributed by atoms with Gasteiger partial charge in [0.05, 0.1) is 5.69 Å². The van der Waals surface area contributed by atoms with Crippen LogP contribution in [-0.4, -0.2) is 20.8 Å². The minimum Gasteiger partial charge on any atom is -0.293 e. The van der Waals surface area contributed by atoms with Crippen molar-refractivity contribution in [2.24, 2.45) is 0 Å². The van der Waals surface area contributed by atoms with Crippen LogP contribution in [0.25, 0.3) is 5.69 Å². The van der Waals surface area contributed by atoms with Crippen LogP contribution >= 0.6 is 15.9 Å². The summed E-state index contributed by atoms with van der Waals surface area (Å²) in [6.07, 6.45) is 0. The fourth-order valence-electron chi connectivity index (χ4n) is 1.56. The molecular formula is C11H9BrFN3O. The Morgan fingerprint density at radius 3 is 2.71 bits per heavy atom. The van der Waals surface area contributed by atoms with Crippen molar-refractivity contribution in [3.05, 3.63) is 39.9 Å². The number of aromatic nitrogens is 3. The molecule has 0 bridgehead atoms. The lowest BCUT2D eigenvalue weighted by molar-refractivity contribution is 0.101. The summed E-state index contributed by atoms with van der Waals surface area (Å²) >= 11 is 3.25. The van der Waals surface area contributed by atoms with Gasteiger partial charge in [-0.1, -0.05) is 11.3 Å². The largest absolute Gasteiger partial charge is 0.293 e. The average molecular weight is 298 g/mol. The molecule has 0 saturated heterocycles. The van der Waals surface area contributed by atoms with Crippen LogP contribution in [0.2, 0.25) is 0 Å². The fraction of sp³-hybridized carbons (Fsp3) is 0.182. The Balaban J connectivity index is 2.66. The molecule has 0 aliphatic carbocycles. The molecule has 0 saturated carbocycles. The van der Waals surface area contributed by atoms with Crippen molar-refractivity contribution in [1.82, 2.24) is 15.0 Å². The van der Waals surface area contributed by atoms with Crippen LogP contribution < -0.4 is 0 Å². The molecule has 1 heterocycles. The molecule has 2 rings (SSSR count). The molecule has 0 spiro atoms. The zero-order valence-corrected chi connectivity index (χ0v) is 10.8. The molecule has 17 heavy (non-hydrogen) atoms. The van der Waals surface area contributed by atoms with Gasteiger partial charge in [-0.2, -0.15) is 0 Å². The van der Waals surface area contributed by atoms with Crippen LogP contribution in [0.4, 0.5) is 4.39 Å². The molecule has 2 aromatic rings. The second kappa shape index (κ2) is 4.37. The third-order valence-corrected chi connectivity index (χ3v) is 3.02. The van der Waals surface area contributed by atoms with Gasteiger partial charge in [0, 0.05) is 11.4 Å². The summed E-state index contributed by atoms with van der Waals surface area (Å²) in [4.78, 5) is 11.3. The number of hydrogen-bond acceptors (Lipinski definition) is 3. The van der Waals surface area contributed by atoms with E-state index in [1.165, 1.54) is 17.7 Å². The SMILES string of the molecule is CC(=O)c1nnn(-c2c(F)cccc2Br)c1C. The number of carbonyl (C=O) groups is 1. The topological polar surface area (TPSA) is 47.8 Å². The molecule has 0 aliphatic heterocycles. The van der Waals surface area contributed by atoms with Crippen molar-refractivity contribution >= 4 is 21.7 Å². The van der Waals surface area contributed by atoms with E-state index in [0.29, 0.717) is 10.2 Å². The maximum atomic E-state index is 13.7. The molecule has 0 amide bonds. The fourth-order valence-corrected chi connectivity index (χ4v) is 2.07. The van der Waals surface area contributed by atoms with Crippen molar-refractivity contribution in [2.45, 2.75) is 13.8 Å². The summed E-state index contributed by atoms with van der Waals surface area (Å²) in [5, 5.41) is 7.55. The number of carbonyl (C=O) groups excluding carboxylic acids is 1. The summed E-state index contributed by atoms with van der Waals surface area (Å²) < 4.78 is 15.6. The summed E-state index contributed by atoms with van der Waals surface area (Å²) in [6.45, 7) is 3.08. The highest BCUT2D eigenvalue weighted by molar-refractivity contribution is 9.10. The summed E-state index contributed by atoms with van der Waals surface area (Å²) in [7, 11) is 0. The van der Waals surface area contributed by atoms with Gasteiger partial charge in [0.1, 0.15) is 11.5 Å². The molecule has 4 nitrogen and oxygen atoms in total. The van der Waals surface area contributed by atoms with Crippen molar-refractivity contribution in [3.63, 3.8) is 0 Å². The predicted molar refractivity (Wildman–Crippen MR) is 63.8 cm³/mol. The first kappa shape index (κ1) is 11.9. The van der Waals surface area contributed by atoms with Crippen LogP contribution in [0.1, 0.15) is 23.1 Å². The monoisotopic (exact) mass is 297 g/mol. The van der Waals surface area contributed by atoms with Gasteiger partial charge in [-0.15, -0.1) is 5.10 Å². The van der Waals surface area contributed by atoms with Gasteiger partial charge in [0.2, 0.25) is 0 Å². The van der Waals surface area contributed by atoms with Gasteiger partial charge >= 0.3 is 0 Å². The molecule has 0 aliphatic rings. The normalized spacial score (nSPS) is 10.6. The minimum absolute atomic E-state index is 0.193. The lowest BCUT2D eigenvalue weighted by Gasteiger charge is -2.06. The van der Waals surface area contributed by atoms with E-state index in [9.17, 15) is 9.18 Å². The molecule has 1 aromatic heterocycles. The maximum absolute atomic E-state index is 13.7. The van der Waals surface area contributed by atoms with Crippen molar-refractivity contribution < 1.29 is 9.18 Å². The molecule has 0 fully saturated rings. The maximum Gasteiger partial charge on any atom is 0.181 e. The number of ketones is 1. The lowest BCUT2D eigenvalue weighted by Crippen LogP contribution is -2.04. The Morgan fingerprint density at radius 1 is 1.47 bits per heavy atom. The molecule has 0 atom stereocenters.